The Bertz CT molecular complexity index is 191. The van der Waals surface area contributed by atoms with Crippen molar-refractivity contribution in [2.75, 3.05) is 20.3 Å². The first-order chi connectivity index (χ1) is 7.29. The van der Waals surface area contributed by atoms with Crippen LogP contribution in [0.1, 0.15) is 39.0 Å². The molecule has 0 amide bonds. The van der Waals surface area contributed by atoms with Crippen molar-refractivity contribution >= 4 is 0 Å². The van der Waals surface area contributed by atoms with Crippen LogP contribution in [0, 0.1) is 17.8 Å². The van der Waals surface area contributed by atoms with Crippen LogP contribution in [0.15, 0.2) is 0 Å². The van der Waals surface area contributed by atoms with Gasteiger partial charge in [-0.3, -0.25) is 0 Å². The highest BCUT2D eigenvalue weighted by molar-refractivity contribution is 4.87. The Kier molecular flexibility index (Phi) is 4.04. The van der Waals surface area contributed by atoms with E-state index in [1.54, 1.807) is 7.11 Å². The highest BCUT2D eigenvalue weighted by atomic mass is 16.5. The summed E-state index contributed by atoms with van der Waals surface area (Å²) in [5, 5.41) is 0. The van der Waals surface area contributed by atoms with Gasteiger partial charge in [0.2, 0.25) is 0 Å². The van der Waals surface area contributed by atoms with Crippen LogP contribution in [-0.2, 0) is 9.47 Å². The van der Waals surface area contributed by atoms with Crippen LogP contribution in [0.25, 0.3) is 0 Å². The molecule has 0 heterocycles. The maximum absolute atomic E-state index is 5.93. The molecular formula is C13H24O2. The molecule has 2 aliphatic carbocycles. The summed E-state index contributed by atoms with van der Waals surface area (Å²) in [4.78, 5) is 0. The monoisotopic (exact) mass is 212 g/mol. The Labute approximate surface area is 93.3 Å². The molecule has 0 spiro atoms. The molecule has 2 nitrogen and oxygen atoms in total. The van der Waals surface area contributed by atoms with Gasteiger partial charge in [-0.1, -0.05) is 6.92 Å². The lowest BCUT2D eigenvalue weighted by Gasteiger charge is -2.42. The third-order valence-electron chi connectivity index (χ3n) is 4.08. The molecular weight excluding hydrogens is 188 g/mol. The Balaban J connectivity index is 1.80. The van der Waals surface area contributed by atoms with E-state index in [2.05, 4.69) is 6.92 Å². The molecule has 2 fully saturated rings. The Morgan fingerprint density at radius 1 is 1.07 bits per heavy atom. The second-order valence-corrected chi connectivity index (χ2v) is 5.42. The van der Waals surface area contributed by atoms with Gasteiger partial charge in [0.15, 0.2) is 0 Å². The van der Waals surface area contributed by atoms with Crippen molar-refractivity contribution in [2.24, 2.45) is 17.8 Å². The fourth-order valence-corrected chi connectivity index (χ4v) is 3.48. The van der Waals surface area contributed by atoms with Gasteiger partial charge < -0.3 is 9.47 Å². The van der Waals surface area contributed by atoms with Gasteiger partial charge in [-0.2, -0.15) is 0 Å². The average molecular weight is 212 g/mol. The van der Waals surface area contributed by atoms with E-state index >= 15 is 0 Å². The third kappa shape index (κ3) is 2.94. The van der Waals surface area contributed by atoms with Gasteiger partial charge in [-0.05, 0) is 49.9 Å². The molecule has 15 heavy (non-hydrogen) atoms. The zero-order valence-corrected chi connectivity index (χ0v) is 10.1. The van der Waals surface area contributed by atoms with Crippen molar-refractivity contribution in [1.29, 1.82) is 0 Å². The molecule has 2 bridgehead atoms. The summed E-state index contributed by atoms with van der Waals surface area (Å²) >= 11 is 0. The van der Waals surface area contributed by atoms with E-state index in [-0.39, 0.29) is 0 Å². The van der Waals surface area contributed by atoms with Crippen LogP contribution < -0.4 is 0 Å². The van der Waals surface area contributed by atoms with Gasteiger partial charge in [-0.25, -0.2) is 0 Å². The maximum Gasteiger partial charge on any atom is 0.0704 e. The SMILES string of the molecule is COCCOC1CCC2CC(C)CC1C2. The molecule has 0 aromatic heterocycles. The van der Waals surface area contributed by atoms with Crippen LogP contribution in [0.4, 0.5) is 0 Å². The van der Waals surface area contributed by atoms with Gasteiger partial charge in [0, 0.05) is 7.11 Å². The number of fused-ring (bicyclic) bond motifs is 2. The van der Waals surface area contributed by atoms with Crippen LogP contribution in [-0.4, -0.2) is 26.4 Å². The fourth-order valence-electron chi connectivity index (χ4n) is 3.48. The van der Waals surface area contributed by atoms with E-state index in [9.17, 15) is 0 Å². The molecule has 2 aliphatic rings. The second-order valence-electron chi connectivity index (χ2n) is 5.42. The lowest BCUT2D eigenvalue weighted by molar-refractivity contribution is -0.0605. The van der Waals surface area contributed by atoms with E-state index in [1.807, 2.05) is 0 Å². The molecule has 2 heteroatoms. The third-order valence-corrected chi connectivity index (χ3v) is 4.08. The molecule has 88 valence electrons. The Morgan fingerprint density at radius 2 is 1.93 bits per heavy atom. The minimum absolute atomic E-state index is 0.527. The van der Waals surface area contributed by atoms with Gasteiger partial charge >= 0.3 is 0 Å². The zero-order chi connectivity index (χ0) is 10.7. The molecule has 4 unspecified atom stereocenters. The molecule has 0 saturated heterocycles. The molecule has 0 aliphatic heterocycles. The van der Waals surface area contributed by atoms with E-state index in [0.717, 1.165) is 31.0 Å². The Hall–Kier alpha value is -0.0800. The molecule has 2 rings (SSSR count). The summed E-state index contributed by atoms with van der Waals surface area (Å²) in [6, 6.07) is 0. The highest BCUT2D eigenvalue weighted by Crippen LogP contribution is 2.43. The van der Waals surface area contributed by atoms with Crippen molar-refractivity contribution < 1.29 is 9.47 Å². The average Bonchev–Trinajstić information content (AvgIpc) is 2.21. The van der Waals surface area contributed by atoms with E-state index < -0.39 is 0 Å². The molecule has 0 aromatic rings. The van der Waals surface area contributed by atoms with Crippen LogP contribution >= 0.6 is 0 Å². The Morgan fingerprint density at radius 3 is 2.73 bits per heavy atom. The van der Waals surface area contributed by atoms with Gasteiger partial charge in [0.1, 0.15) is 0 Å². The van der Waals surface area contributed by atoms with E-state index in [4.69, 9.17) is 9.47 Å². The van der Waals surface area contributed by atoms with E-state index in [1.165, 1.54) is 32.1 Å². The number of hydrogen-bond acceptors (Lipinski definition) is 2. The molecule has 0 radical (unpaired) electrons. The van der Waals surface area contributed by atoms with Gasteiger partial charge in [0.05, 0.1) is 19.3 Å². The van der Waals surface area contributed by atoms with E-state index in [0.29, 0.717) is 6.10 Å². The van der Waals surface area contributed by atoms with Crippen molar-refractivity contribution in [3.63, 3.8) is 0 Å². The van der Waals surface area contributed by atoms with Crippen LogP contribution in [0.3, 0.4) is 0 Å². The molecule has 2 saturated carbocycles. The lowest BCUT2D eigenvalue weighted by Crippen LogP contribution is -2.37. The van der Waals surface area contributed by atoms with Gasteiger partial charge in [-0.15, -0.1) is 0 Å². The number of ether oxygens (including phenoxy) is 2. The van der Waals surface area contributed by atoms with Crippen molar-refractivity contribution in [3.05, 3.63) is 0 Å². The first-order valence-corrected chi connectivity index (χ1v) is 6.40. The highest BCUT2D eigenvalue weighted by Gasteiger charge is 2.36. The van der Waals surface area contributed by atoms with Crippen molar-refractivity contribution in [3.8, 4) is 0 Å². The van der Waals surface area contributed by atoms with Crippen LogP contribution in [0.2, 0.25) is 0 Å². The summed E-state index contributed by atoms with van der Waals surface area (Å²) in [6.07, 6.45) is 7.46. The lowest BCUT2D eigenvalue weighted by atomic mass is 9.67. The summed E-state index contributed by atoms with van der Waals surface area (Å²) < 4.78 is 11.0. The first kappa shape index (κ1) is 11.4. The predicted octanol–water partition coefficient (Wildman–Crippen LogP) is 2.86. The minimum Gasteiger partial charge on any atom is -0.382 e. The minimum atomic E-state index is 0.527. The fraction of sp³-hybridized carbons (Fsp3) is 1.00. The van der Waals surface area contributed by atoms with Gasteiger partial charge in [0.25, 0.3) is 0 Å². The van der Waals surface area contributed by atoms with Crippen molar-refractivity contribution in [2.45, 2.75) is 45.1 Å². The number of hydrogen-bond donors (Lipinski definition) is 0. The predicted molar refractivity (Wildman–Crippen MR) is 60.8 cm³/mol. The standard InChI is InChI=1S/C13H24O2/c1-10-7-11-3-4-13(12(8-10)9-11)15-6-5-14-2/h10-13H,3-9H2,1-2H3. The summed E-state index contributed by atoms with van der Waals surface area (Å²) in [7, 11) is 1.74. The quantitative estimate of drug-likeness (QED) is 0.667. The summed E-state index contributed by atoms with van der Waals surface area (Å²) in [5.74, 6) is 2.76. The normalized spacial score (nSPS) is 40.4. The molecule has 4 atom stereocenters. The maximum atomic E-state index is 5.93. The smallest absolute Gasteiger partial charge is 0.0704 e. The molecule has 0 aromatic carbocycles. The zero-order valence-electron chi connectivity index (χ0n) is 10.1. The summed E-state index contributed by atoms with van der Waals surface area (Å²) in [6.45, 7) is 3.91. The summed E-state index contributed by atoms with van der Waals surface area (Å²) in [5.41, 5.74) is 0. The number of methoxy groups -OCH3 is 1. The van der Waals surface area contributed by atoms with Crippen LogP contribution in [0.5, 0.6) is 0 Å². The largest absolute Gasteiger partial charge is 0.382 e. The second kappa shape index (κ2) is 5.31. The van der Waals surface area contributed by atoms with Crippen molar-refractivity contribution in [1.82, 2.24) is 0 Å². The topological polar surface area (TPSA) is 18.5 Å². The number of rotatable bonds is 4. The first-order valence-electron chi connectivity index (χ1n) is 6.40. The molecule has 0 N–H and O–H groups in total.